The molecule has 1 unspecified atom stereocenters. The van der Waals surface area contributed by atoms with E-state index < -0.39 is 0 Å². The number of ether oxygens (including phenoxy) is 1. The predicted molar refractivity (Wildman–Crippen MR) is 116 cm³/mol. The topological polar surface area (TPSA) is 44.4 Å². The SMILES string of the molecule is CCN1CCN(c2cc3nc(SC(C)CC(C)(C)OC)[nH]c3cc2Cl)CC1. The zero-order valence-corrected chi connectivity index (χ0v) is 18.6. The summed E-state index contributed by atoms with van der Waals surface area (Å²) in [6.07, 6.45) is 0.957. The second-order valence-electron chi connectivity index (χ2n) is 7.88. The highest BCUT2D eigenvalue weighted by Gasteiger charge is 2.22. The Morgan fingerprint density at radius 3 is 2.63 bits per heavy atom. The highest BCUT2D eigenvalue weighted by molar-refractivity contribution is 7.99. The fourth-order valence-corrected chi connectivity index (χ4v) is 5.08. The number of hydrogen-bond donors (Lipinski definition) is 1. The quantitative estimate of drug-likeness (QED) is 0.673. The maximum Gasteiger partial charge on any atom is 0.166 e. The monoisotopic (exact) mass is 410 g/mol. The van der Waals surface area contributed by atoms with E-state index in [0.717, 1.165) is 66.0 Å². The molecule has 1 aliphatic rings. The van der Waals surface area contributed by atoms with Gasteiger partial charge in [0.15, 0.2) is 5.16 Å². The van der Waals surface area contributed by atoms with E-state index in [2.05, 4.69) is 48.5 Å². The summed E-state index contributed by atoms with van der Waals surface area (Å²) in [6.45, 7) is 14.0. The third-order valence-corrected chi connectivity index (χ3v) is 6.62. The Hall–Kier alpha value is -0.950. The number of fused-ring (bicyclic) bond motifs is 1. The summed E-state index contributed by atoms with van der Waals surface area (Å²) in [7, 11) is 1.77. The van der Waals surface area contributed by atoms with Crippen LogP contribution in [0.25, 0.3) is 11.0 Å². The average molecular weight is 411 g/mol. The van der Waals surface area contributed by atoms with Crippen molar-refractivity contribution < 1.29 is 4.74 Å². The molecule has 1 fully saturated rings. The minimum atomic E-state index is -0.129. The fraction of sp³-hybridized carbons (Fsp3) is 0.650. The van der Waals surface area contributed by atoms with Gasteiger partial charge in [-0.3, -0.25) is 0 Å². The number of anilines is 1. The molecular formula is C20H31ClN4OS. The van der Waals surface area contributed by atoms with E-state index >= 15 is 0 Å². The fourth-order valence-electron chi connectivity index (χ4n) is 3.61. The second-order valence-corrected chi connectivity index (χ2v) is 9.71. The first kappa shape index (κ1) is 20.8. The molecule has 1 aromatic carbocycles. The molecule has 0 aliphatic carbocycles. The maximum absolute atomic E-state index is 6.60. The van der Waals surface area contributed by atoms with Crippen molar-refractivity contribution in [3.05, 3.63) is 17.2 Å². The van der Waals surface area contributed by atoms with E-state index in [-0.39, 0.29) is 5.60 Å². The molecule has 3 rings (SSSR count). The Morgan fingerprint density at radius 2 is 2.00 bits per heavy atom. The first-order chi connectivity index (χ1) is 12.8. The van der Waals surface area contributed by atoms with E-state index in [1.807, 2.05) is 6.07 Å². The Kier molecular flexibility index (Phi) is 6.62. The first-order valence-electron chi connectivity index (χ1n) is 9.69. The van der Waals surface area contributed by atoms with Crippen molar-refractivity contribution in [2.45, 2.75) is 50.1 Å². The minimum absolute atomic E-state index is 0.129. The van der Waals surface area contributed by atoms with Crippen molar-refractivity contribution in [2.75, 3.05) is 44.7 Å². The number of methoxy groups -OCH3 is 1. The highest BCUT2D eigenvalue weighted by Crippen LogP contribution is 2.34. The lowest BCUT2D eigenvalue weighted by Gasteiger charge is -2.35. The van der Waals surface area contributed by atoms with Gasteiger partial charge in [-0.05, 0) is 38.9 Å². The summed E-state index contributed by atoms with van der Waals surface area (Å²) < 4.78 is 5.55. The van der Waals surface area contributed by atoms with Gasteiger partial charge in [0, 0.05) is 38.5 Å². The molecule has 1 saturated heterocycles. The number of aromatic nitrogens is 2. The number of thioether (sulfide) groups is 1. The molecule has 0 radical (unpaired) electrons. The molecule has 0 saturated carbocycles. The number of benzene rings is 1. The number of nitrogens with one attached hydrogen (secondary N) is 1. The number of halogens is 1. The molecule has 1 aromatic heterocycles. The second kappa shape index (κ2) is 8.60. The van der Waals surface area contributed by atoms with Crippen LogP contribution in [-0.4, -0.2) is 65.6 Å². The van der Waals surface area contributed by atoms with E-state index in [1.54, 1.807) is 18.9 Å². The van der Waals surface area contributed by atoms with Crippen LogP contribution in [0.1, 0.15) is 34.1 Å². The van der Waals surface area contributed by atoms with Gasteiger partial charge >= 0.3 is 0 Å². The van der Waals surface area contributed by atoms with E-state index in [9.17, 15) is 0 Å². The average Bonchev–Trinajstić information content (AvgIpc) is 3.01. The Balaban J connectivity index is 1.74. The number of hydrogen-bond acceptors (Lipinski definition) is 5. The summed E-state index contributed by atoms with van der Waals surface area (Å²) in [4.78, 5) is 13.1. The normalized spacial score (nSPS) is 17.6. The zero-order chi connectivity index (χ0) is 19.6. The molecule has 1 atom stereocenters. The summed E-state index contributed by atoms with van der Waals surface area (Å²) >= 11 is 8.35. The largest absolute Gasteiger partial charge is 0.379 e. The van der Waals surface area contributed by atoms with Gasteiger partial charge in [-0.15, -0.1) is 0 Å². The van der Waals surface area contributed by atoms with Gasteiger partial charge < -0.3 is 19.5 Å². The summed E-state index contributed by atoms with van der Waals surface area (Å²) in [6, 6.07) is 4.14. The number of nitrogens with zero attached hydrogens (tertiary/aromatic N) is 3. The van der Waals surface area contributed by atoms with Gasteiger partial charge in [-0.25, -0.2) is 4.98 Å². The molecule has 7 heteroatoms. The molecule has 2 aromatic rings. The number of H-pyrrole nitrogens is 1. The highest BCUT2D eigenvalue weighted by atomic mass is 35.5. The first-order valence-corrected chi connectivity index (χ1v) is 11.0. The third-order valence-electron chi connectivity index (χ3n) is 5.33. The van der Waals surface area contributed by atoms with Crippen molar-refractivity contribution in [1.29, 1.82) is 0 Å². The Labute approximate surface area is 171 Å². The smallest absolute Gasteiger partial charge is 0.166 e. The lowest BCUT2D eigenvalue weighted by Crippen LogP contribution is -2.46. The van der Waals surface area contributed by atoms with Gasteiger partial charge in [0.25, 0.3) is 0 Å². The van der Waals surface area contributed by atoms with Crippen LogP contribution in [-0.2, 0) is 4.74 Å². The van der Waals surface area contributed by atoms with Crippen LogP contribution < -0.4 is 4.90 Å². The van der Waals surface area contributed by atoms with Gasteiger partial charge in [-0.2, -0.15) is 0 Å². The van der Waals surface area contributed by atoms with Crippen molar-refractivity contribution in [3.63, 3.8) is 0 Å². The number of likely N-dealkylation sites (N-methyl/N-ethyl adjacent to an activating group) is 1. The molecule has 1 aliphatic heterocycles. The van der Waals surface area contributed by atoms with Crippen molar-refractivity contribution in [1.82, 2.24) is 14.9 Å². The van der Waals surface area contributed by atoms with Crippen LogP contribution >= 0.6 is 23.4 Å². The molecule has 2 heterocycles. The molecule has 5 nitrogen and oxygen atoms in total. The minimum Gasteiger partial charge on any atom is -0.379 e. The maximum atomic E-state index is 6.60. The van der Waals surface area contributed by atoms with E-state index in [4.69, 9.17) is 21.3 Å². The number of imidazole rings is 1. The lowest BCUT2D eigenvalue weighted by atomic mass is 10.0. The molecule has 0 bridgehead atoms. The van der Waals surface area contributed by atoms with Crippen LogP contribution in [0.2, 0.25) is 5.02 Å². The standard InChI is InChI=1S/C20H31ClN4OS/c1-6-24-7-9-25(10-8-24)18-12-17-16(11-15(18)21)22-19(23-17)27-14(2)13-20(3,4)26-5/h11-12,14H,6-10,13H2,1-5H3,(H,22,23). The zero-order valence-electron chi connectivity index (χ0n) is 17.0. The van der Waals surface area contributed by atoms with Crippen LogP contribution in [0.3, 0.4) is 0 Å². The van der Waals surface area contributed by atoms with Gasteiger partial charge in [0.1, 0.15) is 0 Å². The number of rotatable bonds is 7. The molecule has 150 valence electrons. The van der Waals surface area contributed by atoms with Crippen molar-refractivity contribution in [2.24, 2.45) is 0 Å². The van der Waals surface area contributed by atoms with Gasteiger partial charge in [0.05, 0.1) is 27.3 Å². The summed E-state index contributed by atoms with van der Waals surface area (Å²) in [5, 5.41) is 2.13. The van der Waals surface area contributed by atoms with E-state index in [0.29, 0.717) is 5.25 Å². The molecule has 0 spiro atoms. The van der Waals surface area contributed by atoms with Crippen molar-refractivity contribution >= 4 is 40.1 Å². The van der Waals surface area contributed by atoms with Gasteiger partial charge in [-0.1, -0.05) is 37.2 Å². The summed E-state index contributed by atoms with van der Waals surface area (Å²) in [5.74, 6) is 0. The Bertz CT molecular complexity index is 771. The third kappa shape index (κ3) is 5.11. The van der Waals surface area contributed by atoms with Crippen LogP contribution in [0.5, 0.6) is 0 Å². The van der Waals surface area contributed by atoms with Crippen LogP contribution in [0, 0.1) is 0 Å². The predicted octanol–water partition coefficient (Wildman–Crippen LogP) is 4.65. The Morgan fingerprint density at radius 1 is 1.30 bits per heavy atom. The number of piperazine rings is 1. The van der Waals surface area contributed by atoms with Crippen LogP contribution in [0.15, 0.2) is 17.3 Å². The molecular weight excluding hydrogens is 380 g/mol. The molecule has 0 amide bonds. The van der Waals surface area contributed by atoms with E-state index in [1.165, 1.54) is 0 Å². The molecule has 1 N–H and O–H groups in total. The van der Waals surface area contributed by atoms with Crippen LogP contribution in [0.4, 0.5) is 5.69 Å². The number of aromatic amines is 1. The van der Waals surface area contributed by atoms with Crippen molar-refractivity contribution in [3.8, 4) is 0 Å². The molecule has 27 heavy (non-hydrogen) atoms. The summed E-state index contributed by atoms with van der Waals surface area (Å²) in [5.41, 5.74) is 2.94. The van der Waals surface area contributed by atoms with Gasteiger partial charge in [0.2, 0.25) is 0 Å². The lowest BCUT2D eigenvalue weighted by molar-refractivity contribution is 0.0162.